The number of hydrogen-bond acceptors (Lipinski definition) is 3. The van der Waals surface area contributed by atoms with Crippen LogP contribution in [0.3, 0.4) is 0 Å². The van der Waals surface area contributed by atoms with Gasteiger partial charge in [-0.25, -0.2) is 0 Å². The largest absolute Gasteiger partial charge is 0.351 e. The van der Waals surface area contributed by atoms with Gasteiger partial charge in [0.2, 0.25) is 5.91 Å². The van der Waals surface area contributed by atoms with Crippen molar-refractivity contribution in [3.8, 4) is 0 Å². The van der Waals surface area contributed by atoms with Crippen LogP contribution in [-0.2, 0) is 16.8 Å². The maximum atomic E-state index is 13.9. The number of anilines is 1. The van der Waals surface area contributed by atoms with Crippen molar-refractivity contribution in [2.45, 2.75) is 97.2 Å². The van der Waals surface area contributed by atoms with E-state index in [0.717, 1.165) is 48.2 Å². The number of benzene rings is 1. The van der Waals surface area contributed by atoms with Gasteiger partial charge in [0.05, 0.1) is 12.2 Å². The fourth-order valence-electron chi connectivity index (χ4n) is 5.02. The van der Waals surface area contributed by atoms with Crippen LogP contribution in [-0.4, -0.2) is 33.2 Å². The molecule has 1 aromatic carbocycles. The van der Waals surface area contributed by atoms with Crippen LogP contribution in [0.2, 0.25) is 0 Å². The van der Waals surface area contributed by atoms with Crippen molar-refractivity contribution in [2.24, 2.45) is 0 Å². The number of fused-ring (bicyclic) bond motifs is 1. The average molecular weight is 437 g/mol. The molecule has 0 radical (unpaired) electrons. The lowest BCUT2D eigenvalue weighted by Gasteiger charge is -2.44. The summed E-state index contributed by atoms with van der Waals surface area (Å²) in [5, 5.41) is 8.02. The van der Waals surface area contributed by atoms with Gasteiger partial charge < -0.3 is 5.32 Å². The number of carbonyl (C=O) groups is 2. The zero-order valence-corrected chi connectivity index (χ0v) is 20.3. The second kappa shape index (κ2) is 8.05. The molecular weight excluding hydrogens is 400 g/mol. The Kier molecular flexibility index (Phi) is 5.68. The summed E-state index contributed by atoms with van der Waals surface area (Å²) in [6.45, 7) is 12.5. The van der Waals surface area contributed by atoms with Crippen LogP contribution in [0.25, 0.3) is 0 Å². The second-order valence-electron chi connectivity index (χ2n) is 10.9. The number of carbonyl (C=O) groups excluding carboxylic acids is 2. The molecule has 172 valence electrons. The number of nitrogens with zero attached hydrogens (tertiary/aromatic N) is 3. The highest BCUT2D eigenvalue weighted by molar-refractivity contribution is 6.12. The van der Waals surface area contributed by atoms with E-state index in [1.807, 2.05) is 39.0 Å². The smallest absolute Gasteiger partial charge is 0.277 e. The third-order valence-corrected chi connectivity index (χ3v) is 6.82. The number of nitrogens with one attached hydrogen (secondary N) is 1. The lowest BCUT2D eigenvalue weighted by Crippen LogP contribution is -2.65. The van der Waals surface area contributed by atoms with Gasteiger partial charge in [-0.3, -0.25) is 19.2 Å². The monoisotopic (exact) mass is 436 g/mol. The molecule has 0 unspecified atom stereocenters. The van der Waals surface area contributed by atoms with Crippen molar-refractivity contribution in [3.05, 3.63) is 46.8 Å². The molecule has 0 bridgehead atoms. The fraction of sp³-hybridized carbons (Fsp3) is 0.577. The van der Waals surface area contributed by atoms with Crippen LogP contribution in [0.5, 0.6) is 0 Å². The van der Waals surface area contributed by atoms with Crippen molar-refractivity contribution in [2.75, 3.05) is 4.90 Å². The fourth-order valence-corrected chi connectivity index (χ4v) is 5.02. The van der Waals surface area contributed by atoms with Crippen LogP contribution < -0.4 is 10.2 Å². The topological polar surface area (TPSA) is 67.2 Å². The van der Waals surface area contributed by atoms with Gasteiger partial charge in [0.1, 0.15) is 11.2 Å². The van der Waals surface area contributed by atoms with Crippen molar-refractivity contribution in [1.29, 1.82) is 0 Å². The molecule has 1 aromatic heterocycles. The summed E-state index contributed by atoms with van der Waals surface area (Å²) in [4.78, 5) is 29.3. The Hall–Kier alpha value is -2.63. The molecule has 1 atom stereocenters. The molecule has 2 amide bonds. The highest BCUT2D eigenvalue weighted by atomic mass is 16.2. The molecule has 6 heteroatoms. The van der Waals surface area contributed by atoms with Gasteiger partial charge in [-0.15, -0.1) is 0 Å². The van der Waals surface area contributed by atoms with Gasteiger partial charge in [0.15, 0.2) is 0 Å². The van der Waals surface area contributed by atoms with E-state index in [1.54, 1.807) is 9.58 Å². The molecule has 1 saturated carbocycles. The summed E-state index contributed by atoms with van der Waals surface area (Å²) in [7, 11) is 0. The molecule has 1 aliphatic heterocycles. The molecule has 2 aliphatic rings. The zero-order valence-electron chi connectivity index (χ0n) is 20.3. The number of amides is 2. The Bertz CT molecular complexity index is 1020. The van der Waals surface area contributed by atoms with E-state index in [1.165, 1.54) is 6.42 Å². The second-order valence-corrected chi connectivity index (χ2v) is 10.9. The lowest BCUT2D eigenvalue weighted by atomic mass is 9.90. The van der Waals surface area contributed by atoms with E-state index >= 15 is 0 Å². The van der Waals surface area contributed by atoms with Crippen LogP contribution in [0, 0.1) is 13.8 Å². The Morgan fingerprint density at radius 2 is 1.69 bits per heavy atom. The molecule has 6 nitrogen and oxygen atoms in total. The van der Waals surface area contributed by atoms with Crippen molar-refractivity contribution >= 4 is 17.5 Å². The van der Waals surface area contributed by atoms with Crippen LogP contribution in [0.15, 0.2) is 24.3 Å². The number of rotatable bonds is 3. The van der Waals surface area contributed by atoms with E-state index in [4.69, 9.17) is 5.10 Å². The first kappa shape index (κ1) is 22.6. The predicted molar refractivity (Wildman–Crippen MR) is 127 cm³/mol. The van der Waals surface area contributed by atoms with Crippen LogP contribution >= 0.6 is 0 Å². The molecular formula is C26H36N4O2. The molecule has 0 saturated heterocycles. The molecule has 1 fully saturated rings. The highest BCUT2D eigenvalue weighted by Crippen LogP contribution is 2.35. The molecule has 4 rings (SSSR count). The van der Waals surface area contributed by atoms with Crippen molar-refractivity contribution < 1.29 is 9.59 Å². The Labute approximate surface area is 191 Å². The van der Waals surface area contributed by atoms with Gasteiger partial charge in [0.25, 0.3) is 5.91 Å². The normalized spacial score (nSPS) is 22.1. The van der Waals surface area contributed by atoms with E-state index in [0.29, 0.717) is 12.2 Å². The molecule has 32 heavy (non-hydrogen) atoms. The van der Waals surface area contributed by atoms with E-state index in [9.17, 15) is 9.59 Å². The molecule has 1 aliphatic carbocycles. The molecule has 1 N–H and O–H groups in total. The van der Waals surface area contributed by atoms with E-state index in [2.05, 4.69) is 32.2 Å². The number of aryl methyl sites for hydroxylation is 2. The van der Waals surface area contributed by atoms with Crippen molar-refractivity contribution in [3.63, 3.8) is 0 Å². The summed E-state index contributed by atoms with van der Waals surface area (Å²) in [6, 6.07) is 8.13. The predicted octanol–water partition coefficient (Wildman–Crippen LogP) is 4.67. The Balaban J connectivity index is 1.79. The van der Waals surface area contributed by atoms with E-state index < -0.39 is 5.54 Å². The standard InChI is InChI=1S/C26H36N4O2/c1-17-12-18(2)14-20(13-17)30-23(31)21-15-22(25(3,4)5)28-29(21)16-26(30,6)24(32)27-19-10-8-7-9-11-19/h12-15,19H,7-11,16H2,1-6H3,(H,27,32)/t26-/m0/s1. The van der Waals surface area contributed by atoms with E-state index in [-0.39, 0.29) is 23.3 Å². The zero-order chi connectivity index (χ0) is 23.3. The maximum absolute atomic E-state index is 13.9. The SMILES string of the molecule is Cc1cc(C)cc(N2C(=O)c3cc(C(C)(C)C)nn3C[C@@]2(C)C(=O)NC2CCCCC2)c1. The first-order valence-electron chi connectivity index (χ1n) is 11.8. The average Bonchev–Trinajstić information content (AvgIpc) is 3.12. The maximum Gasteiger partial charge on any atom is 0.277 e. The minimum Gasteiger partial charge on any atom is -0.351 e. The first-order valence-corrected chi connectivity index (χ1v) is 11.8. The third-order valence-electron chi connectivity index (χ3n) is 6.82. The van der Waals surface area contributed by atoms with Crippen LogP contribution in [0.4, 0.5) is 5.69 Å². The highest BCUT2D eigenvalue weighted by Gasteiger charge is 2.49. The minimum atomic E-state index is -1.07. The third kappa shape index (κ3) is 4.07. The van der Waals surface area contributed by atoms with Crippen LogP contribution in [0.1, 0.15) is 87.1 Å². The van der Waals surface area contributed by atoms with Gasteiger partial charge in [-0.1, -0.05) is 46.1 Å². The summed E-state index contributed by atoms with van der Waals surface area (Å²) in [5.74, 6) is -0.277. The quantitative estimate of drug-likeness (QED) is 0.761. The Morgan fingerprint density at radius 3 is 2.28 bits per heavy atom. The lowest BCUT2D eigenvalue weighted by molar-refractivity contribution is -0.127. The van der Waals surface area contributed by atoms with Gasteiger partial charge in [-0.05, 0) is 62.9 Å². The minimum absolute atomic E-state index is 0.102. The summed E-state index contributed by atoms with van der Waals surface area (Å²) in [6.07, 6.45) is 5.50. The molecule has 2 aromatic rings. The summed E-state index contributed by atoms with van der Waals surface area (Å²) >= 11 is 0. The number of aromatic nitrogens is 2. The van der Waals surface area contributed by atoms with Gasteiger partial charge >= 0.3 is 0 Å². The van der Waals surface area contributed by atoms with Gasteiger partial charge in [0, 0.05) is 17.1 Å². The molecule has 0 spiro atoms. The van der Waals surface area contributed by atoms with Gasteiger partial charge in [-0.2, -0.15) is 5.10 Å². The summed E-state index contributed by atoms with van der Waals surface area (Å²) in [5.41, 5.74) is 3.04. The molecule has 2 heterocycles. The van der Waals surface area contributed by atoms with Crippen molar-refractivity contribution in [1.82, 2.24) is 15.1 Å². The summed E-state index contributed by atoms with van der Waals surface area (Å²) < 4.78 is 1.74. The number of hydrogen-bond donors (Lipinski definition) is 1. The Morgan fingerprint density at radius 1 is 1.06 bits per heavy atom. The first-order chi connectivity index (χ1) is 15.0.